The predicted octanol–water partition coefficient (Wildman–Crippen LogP) is 4.83. The van der Waals surface area contributed by atoms with Crippen LogP contribution in [0.2, 0.25) is 5.02 Å². The third-order valence-electron chi connectivity index (χ3n) is 3.88. The van der Waals surface area contributed by atoms with Crippen molar-refractivity contribution in [3.05, 3.63) is 46.0 Å². The molecule has 0 radical (unpaired) electrons. The molecule has 2 aromatic rings. The van der Waals surface area contributed by atoms with Crippen LogP contribution in [-0.2, 0) is 0 Å². The van der Waals surface area contributed by atoms with Crippen LogP contribution in [0.3, 0.4) is 0 Å². The molecule has 128 valence electrons. The molecule has 0 bridgehead atoms. The van der Waals surface area contributed by atoms with Crippen molar-refractivity contribution in [3.63, 3.8) is 0 Å². The Balaban J connectivity index is 1.93. The quantitative estimate of drug-likeness (QED) is 0.796. The second kappa shape index (κ2) is 5.81. The van der Waals surface area contributed by atoms with Gasteiger partial charge in [-0.3, -0.25) is 0 Å². The van der Waals surface area contributed by atoms with Crippen molar-refractivity contribution < 1.29 is 17.6 Å². The molecule has 2 heterocycles. The van der Waals surface area contributed by atoms with Gasteiger partial charge in [0, 0.05) is 11.3 Å². The highest BCUT2D eigenvalue weighted by Crippen LogP contribution is 2.36. The highest BCUT2D eigenvalue weighted by Gasteiger charge is 2.45. The van der Waals surface area contributed by atoms with Gasteiger partial charge in [-0.25, -0.2) is 22.5 Å². The summed E-state index contributed by atoms with van der Waals surface area (Å²) >= 11 is 6.14. The summed E-state index contributed by atoms with van der Waals surface area (Å²) in [5.74, 6) is -4.07. The zero-order valence-corrected chi connectivity index (χ0v) is 13.7. The third-order valence-corrected chi connectivity index (χ3v) is 4.16. The first-order valence-electron chi connectivity index (χ1n) is 7.19. The number of alkyl halides is 2. The number of hydrogen-bond donors (Lipinski definition) is 1. The molecule has 8 heteroatoms. The van der Waals surface area contributed by atoms with Crippen LogP contribution in [0.5, 0.6) is 0 Å². The molecule has 0 amide bonds. The molecule has 0 unspecified atom stereocenters. The molecule has 1 aliphatic heterocycles. The Morgan fingerprint density at radius 1 is 1.21 bits per heavy atom. The first-order chi connectivity index (χ1) is 11.2. The fourth-order valence-electron chi connectivity index (χ4n) is 2.56. The molecule has 1 aliphatic rings. The molecular weight excluding hydrogens is 346 g/mol. The van der Waals surface area contributed by atoms with Gasteiger partial charge in [-0.15, -0.1) is 0 Å². The molecule has 1 aromatic heterocycles. The van der Waals surface area contributed by atoms with Gasteiger partial charge < -0.3 is 10.2 Å². The van der Waals surface area contributed by atoms with Crippen molar-refractivity contribution in [1.29, 1.82) is 0 Å². The molecule has 0 atom stereocenters. The summed E-state index contributed by atoms with van der Waals surface area (Å²) in [6.07, 6.45) is 0. The normalized spacial score (nSPS) is 16.0. The van der Waals surface area contributed by atoms with Crippen molar-refractivity contribution in [2.75, 3.05) is 23.3 Å². The number of pyridine rings is 1. The minimum absolute atomic E-state index is 0.0745. The van der Waals surface area contributed by atoms with Gasteiger partial charge in [-0.1, -0.05) is 11.6 Å². The summed E-state index contributed by atoms with van der Waals surface area (Å²) < 4.78 is 53.0. The minimum atomic E-state index is -2.72. The minimum Gasteiger partial charge on any atom is -0.344 e. The van der Waals surface area contributed by atoms with Crippen LogP contribution in [-0.4, -0.2) is 24.0 Å². The summed E-state index contributed by atoms with van der Waals surface area (Å²) in [5, 5.41) is 3.09. The third kappa shape index (κ3) is 3.00. The average molecular weight is 360 g/mol. The summed E-state index contributed by atoms with van der Waals surface area (Å²) in [4.78, 5) is 5.72. The van der Waals surface area contributed by atoms with Gasteiger partial charge in [0.15, 0.2) is 17.5 Å². The van der Waals surface area contributed by atoms with Crippen LogP contribution in [0.1, 0.15) is 11.1 Å². The van der Waals surface area contributed by atoms with Crippen molar-refractivity contribution >= 4 is 28.9 Å². The van der Waals surface area contributed by atoms with E-state index < -0.39 is 30.6 Å². The van der Waals surface area contributed by atoms with Crippen LogP contribution in [0.4, 0.5) is 34.9 Å². The van der Waals surface area contributed by atoms with E-state index in [1.165, 1.54) is 17.9 Å². The maximum absolute atomic E-state index is 13.7. The monoisotopic (exact) mass is 359 g/mol. The van der Waals surface area contributed by atoms with Gasteiger partial charge in [-0.05, 0) is 37.6 Å². The van der Waals surface area contributed by atoms with Gasteiger partial charge in [0.25, 0.3) is 5.92 Å². The topological polar surface area (TPSA) is 28.2 Å². The highest BCUT2D eigenvalue weighted by molar-refractivity contribution is 6.33. The van der Waals surface area contributed by atoms with E-state index in [2.05, 4.69) is 10.3 Å². The smallest absolute Gasteiger partial charge is 0.282 e. The number of rotatable bonds is 3. The van der Waals surface area contributed by atoms with Gasteiger partial charge in [0.2, 0.25) is 0 Å². The zero-order valence-electron chi connectivity index (χ0n) is 12.9. The fraction of sp³-hybridized carbons (Fsp3) is 0.312. The van der Waals surface area contributed by atoms with Crippen LogP contribution < -0.4 is 10.2 Å². The molecule has 1 N–H and O–H groups in total. The number of aromatic nitrogens is 1. The fourth-order valence-corrected chi connectivity index (χ4v) is 2.81. The summed E-state index contributed by atoms with van der Waals surface area (Å²) in [5.41, 5.74) is 1.03. The second-order valence-corrected chi connectivity index (χ2v) is 6.24. The van der Waals surface area contributed by atoms with E-state index in [0.717, 1.165) is 6.07 Å². The lowest BCUT2D eigenvalue weighted by atomic mass is 10.1. The lowest BCUT2D eigenvalue weighted by Gasteiger charge is -2.40. The highest BCUT2D eigenvalue weighted by atomic mass is 35.5. The lowest BCUT2D eigenvalue weighted by Crippen LogP contribution is -2.56. The molecule has 3 rings (SSSR count). The Morgan fingerprint density at radius 2 is 1.88 bits per heavy atom. The number of aryl methyl sites for hydroxylation is 1. The Labute approximate surface area is 141 Å². The average Bonchev–Trinajstić information content (AvgIpc) is 2.47. The van der Waals surface area contributed by atoms with E-state index in [9.17, 15) is 17.6 Å². The summed E-state index contributed by atoms with van der Waals surface area (Å²) in [6.45, 7) is 2.31. The molecule has 0 aliphatic carbocycles. The van der Waals surface area contributed by atoms with E-state index >= 15 is 0 Å². The SMILES string of the molecule is Cc1cc(Cl)c(Nc2ccc(F)c(F)c2C)nc1N1CC(F)(F)C1. The molecular formula is C16H14ClF4N3. The van der Waals surface area contributed by atoms with E-state index in [4.69, 9.17) is 11.6 Å². The maximum Gasteiger partial charge on any atom is 0.282 e. The predicted molar refractivity (Wildman–Crippen MR) is 85.5 cm³/mol. The Morgan fingerprint density at radius 3 is 2.50 bits per heavy atom. The number of nitrogens with one attached hydrogen (secondary N) is 1. The number of benzene rings is 1. The van der Waals surface area contributed by atoms with Crippen molar-refractivity contribution in [1.82, 2.24) is 4.98 Å². The summed E-state index contributed by atoms with van der Waals surface area (Å²) in [7, 11) is 0. The van der Waals surface area contributed by atoms with Gasteiger partial charge in [-0.2, -0.15) is 0 Å². The Bertz CT molecular complexity index is 802. The van der Waals surface area contributed by atoms with E-state index in [1.54, 1.807) is 13.0 Å². The van der Waals surface area contributed by atoms with Crippen molar-refractivity contribution in [3.8, 4) is 0 Å². The van der Waals surface area contributed by atoms with Gasteiger partial charge in [0.1, 0.15) is 5.82 Å². The largest absolute Gasteiger partial charge is 0.344 e. The maximum atomic E-state index is 13.7. The van der Waals surface area contributed by atoms with Crippen LogP contribution >= 0.6 is 11.6 Å². The van der Waals surface area contributed by atoms with Crippen LogP contribution in [0.25, 0.3) is 0 Å². The summed E-state index contributed by atoms with van der Waals surface area (Å²) in [6, 6.07) is 3.95. The zero-order chi connectivity index (χ0) is 17.6. The lowest BCUT2D eigenvalue weighted by molar-refractivity contribution is -0.0267. The van der Waals surface area contributed by atoms with Gasteiger partial charge in [0.05, 0.1) is 18.1 Å². The van der Waals surface area contributed by atoms with E-state index in [0.29, 0.717) is 17.1 Å². The number of nitrogens with zero attached hydrogens (tertiary/aromatic N) is 2. The second-order valence-electron chi connectivity index (χ2n) is 5.83. The van der Waals surface area contributed by atoms with Crippen molar-refractivity contribution in [2.45, 2.75) is 19.8 Å². The Hall–Kier alpha value is -2.02. The number of anilines is 3. The van der Waals surface area contributed by atoms with E-state index in [1.807, 2.05) is 0 Å². The first kappa shape index (κ1) is 16.8. The molecule has 24 heavy (non-hydrogen) atoms. The van der Waals surface area contributed by atoms with Crippen molar-refractivity contribution in [2.24, 2.45) is 0 Å². The van der Waals surface area contributed by atoms with Crippen LogP contribution in [0, 0.1) is 25.5 Å². The Kier molecular flexibility index (Phi) is 4.07. The molecule has 0 saturated carbocycles. The van der Waals surface area contributed by atoms with Gasteiger partial charge >= 0.3 is 0 Å². The standard InChI is InChI=1S/C16H14ClF4N3/c1-8-5-10(17)14(23-15(8)24-6-16(20,21)7-24)22-12-4-3-11(18)13(19)9(12)2/h3-5H,6-7H2,1-2H3,(H,22,23). The molecule has 1 aromatic carbocycles. The molecule has 3 nitrogen and oxygen atoms in total. The van der Waals surface area contributed by atoms with E-state index in [-0.39, 0.29) is 16.4 Å². The molecule has 1 saturated heterocycles. The number of hydrogen-bond acceptors (Lipinski definition) is 3. The molecule has 1 fully saturated rings. The van der Waals surface area contributed by atoms with Crippen LogP contribution in [0.15, 0.2) is 18.2 Å². The number of halogens is 5. The molecule has 0 spiro atoms. The first-order valence-corrected chi connectivity index (χ1v) is 7.57.